The van der Waals surface area contributed by atoms with Crippen molar-refractivity contribution in [2.24, 2.45) is 0 Å². The smallest absolute Gasteiger partial charge is 0.196 e. The van der Waals surface area contributed by atoms with Crippen LogP contribution in [0.2, 0.25) is 0 Å². The van der Waals surface area contributed by atoms with E-state index in [1.807, 2.05) is 0 Å². The van der Waals surface area contributed by atoms with Crippen molar-refractivity contribution >= 4 is 0 Å². The third-order valence-electron chi connectivity index (χ3n) is 1.78. The molecule has 0 unspecified atom stereocenters. The second-order valence-corrected chi connectivity index (χ2v) is 2.61. The lowest BCUT2D eigenvalue weighted by Crippen LogP contribution is -2.11. The van der Waals surface area contributed by atoms with E-state index in [-0.39, 0.29) is 18.0 Å². The molecule has 5 heteroatoms. The Morgan fingerprint density at radius 3 is 2.71 bits per heavy atom. The van der Waals surface area contributed by atoms with Gasteiger partial charge >= 0.3 is 0 Å². The van der Waals surface area contributed by atoms with Crippen molar-refractivity contribution in [1.82, 2.24) is 5.48 Å². The minimum atomic E-state index is -0.592. The molecule has 0 aliphatic carbocycles. The van der Waals surface area contributed by atoms with Gasteiger partial charge in [-0.05, 0) is 6.07 Å². The van der Waals surface area contributed by atoms with E-state index >= 15 is 0 Å². The second kappa shape index (κ2) is 4.78. The van der Waals surface area contributed by atoms with Gasteiger partial charge in [0.25, 0.3) is 0 Å². The van der Waals surface area contributed by atoms with Crippen molar-refractivity contribution in [2.45, 2.75) is 6.54 Å². The molecule has 0 aliphatic rings. The predicted molar refractivity (Wildman–Crippen MR) is 48.5 cm³/mol. The molecule has 1 aromatic carbocycles. The number of phenols is 1. The fraction of sp³-hybridized carbons (Fsp3) is 0.333. The van der Waals surface area contributed by atoms with Gasteiger partial charge in [-0.1, -0.05) is 6.07 Å². The van der Waals surface area contributed by atoms with Gasteiger partial charge in [0.2, 0.25) is 0 Å². The summed E-state index contributed by atoms with van der Waals surface area (Å²) in [5, 5.41) is 9.54. The van der Waals surface area contributed by atoms with Crippen LogP contribution in [0.3, 0.4) is 0 Å². The molecule has 0 saturated carbocycles. The van der Waals surface area contributed by atoms with Crippen molar-refractivity contribution in [2.75, 3.05) is 14.2 Å². The van der Waals surface area contributed by atoms with E-state index in [9.17, 15) is 9.50 Å². The van der Waals surface area contributed by atoms with E-state index in [2.05, 4.69) is 10.3 Å². The molecule has 0 atom stereocenters. The van der Waals surface area contributed by atoms with Crippen molar-refractivity contribution in [1.29, 1.82) is 0 Å². The van der Waals surface area contributed by atoms with Crippen LogP contribution in [0.15, 0.2) is 12.1 Å². The molecule has 0 radical (unpaired) electrons. The van der Waals surface area contributed by atoms with Gasteiger partial charge in [0.05, 0.1) is 14.2 Å². The quantitative estimate of drug-likeness (QED) is 0.718. The van der Waals surface area contributed by atoms with Crippen LogP contribution >= 0.6 is 0 Å². The molecule has 14 heavy (non-hydrogen) atoms. The summed E-state index contributed by atoms with van der Waals surface area (Å²) in [7, 11) is 2.75. The average Bonchev–Trinajstić information content (AvgIpc) is 2.18. The van der Waals surface area contributed by atoms with Crippen LogP contribution in [0.1, 0.15) is 5.56 Å². The van der Waals surface area contributed by atoms with E-state index in [1.165, 1.54) is 26.4 Å². The molecule has 0 bridgehead atoms. The molecule has 0 heterocycles. The van der Waals surface area contributed by atoms with Gasteiger partial charge in [-0.2, -0.15) is 5.48 Å². The fourth-order valence-electron chi connectivity index (χ4n) is 1.07. The first kappa shape index (κ1) is 10.7. The molecule has 1 aromatic rings. The van der Waals surface area contributed by atoms with Gasteiger partial charge in [-0.3, -0.25) is 0 Å². The largest absolute Gasteiger partial charge is 0.504 e. The summed E-state index contributed by atoms with van der Waals surface area (Å²) < 4.78 is 17.7. The maximum Gasteiger partial charge on any atom is 0.196 e. The number of halogens is 1. The zero-order chi connectivity index (χ0) is 10.6. The molecule has 0 amide bonds. The van der Waals surface area contributed by atoms with E-state index in [0.29, 0.717) is 5.56 Å². The molecule has 0 saturated heterocycles. The van der Waals surface area contributed by atoms with Crippen LogP contribution in [0.25, 0.3) is 0 Å². The fourth-order valence-corrected chi connectivity index (χ4v) is 1.07. The van der Waals surface area contributed by atoms with Crippen LogP contribution in [0.5, 0.6) is 11.5 Å². The van der Waals surface area contributed by atoms with Gasteiger partial charge in [0.15, 0.2) is 17.3 Å². The molecule has 1 rings (SSSR count). The maximum absolute atomic E-state index is 13.0. The summed E-state index contributed by atoms with van der Waals surface area (Å²) in [6.07, 6.45) is 0. The number of nitrogens with one attached hydrogen (secondary N) is 1. The Hall–Kier alpha value is -1.33. The number of hydrogen-bond donors (Lipinski definition) is 2. The first-order valence-corrected chi connectivity index (χ1v) is 4.01. The molecule has 4 nitrogen and oxygen atoms in total. The molecule has 0 fully saturated rings. The highest BCUT2D eigenvalue weighted by molar-refractivity contribution is 5.46. The number of benzene rings is 1. The first-order valence-electron chi connectivity index (χ1n) is 4.01. The SMILES string of the molecule is CONCc1ccc(F)c(OC)c1O. The topological polar surface area (TPSA) is 50.7 Å². The number of hydroxylamine groups is 1. The average molecular weight is 201 g/mol. The standard InChI is InChI=1S/C9H12FNO3/c1-13-9-7(10)4-3-6(8(9)12)5-11-14-2/h3-4,11-12H,5H2,1-2H3. The maximum atomic E-state index is 13.0. The first-order chi connectivity index (χ1) is 6.70. The Kier molecular flexibility index (Phi) is 3.67. The summed E-state index contributed by atoms with van der Waals surface area (Å²) in [6, 6.07) is 2.68. The minimum absolute atomic E-state index is 0.152. The van der Waals surface area contributed by atoms with E-state index in [1.54, 1.807) is 0 Å². The molecule has 2 N–H and O–H groups in total. The summed E-state index contributed by atoms with van der Waals surface area (Å²) in [5.41, 5.74) is 3.04. The predicted octanol–water partition coefficient (Wildman–Crippen LogP) is 1.19. The van der Waals surface area contributed by atoms with Crippen LogP contribution in [0.4, 0.5) is 4.39 Å². The van der Waals surface area contributed by atoms with Crippen molar-refractivity contribution in [3.05, 3.63) is 23.5 Å². The third kappa shape index (κ3) is 2.12. The zero-order valence-corrected chi connectivity index (χ0v) is 8.00. The lowest BCUT2D eigenvalue weighted by Gasteiger charge is -2.09. The van der Waals surface area contributed by atoms with Crippen molar-refractivity contribution < 1.29 is 19.1 Å². The lowest BCUT2D eigenvalue weighted by molar-refractivity contribution is 0.0860. The Morgan fingerprint density at radius 1 is 1.43 bits per heavy atom. The van der Waals surface area contributed by atoms with Gasteiger partial charge < -0.3 is 14.7 Å². The highest BCUT2D eigenvalue weighted by Gasteiger charge is 2.12. The molecule has 78 valence electrons. The molecule has 0 spiro atoms. The summed E-state index contributed by atoms with van der Waals surface area (Å²) >= 11 is 0. The van der Waals surface area contributed by atoms with E-state index in [0.717, 1.165) is 0 Å². The van der Waals surface area contributed by atoms with Crippen LogP contribution < -0.4 is 10.2 Å². The molecule has 0 aromatic heterocycles. The van der Waals surface area contributed by atoms with Crippen LogP contribution in [-0.4, -0.2) is 19.3 Å². The van der Waals surface area contributed by atoms with Gasteiger partial charge in [-0.15, -0.1) is 0 Å². The minimum Gasteiger partial charge on any atom is -0.504 e. The summed E-state index contributed by atoms with van der Waals surface area (Å²) in [4.78, 5) is 4.61. The lowest BCUT2D eigenvalue weighted by atomic mass is 10.2. The van der Waals surface area contributed by atoms with Crippen molar-refractivity contribution in [3.63, 3.8) is 0 Å². The Balaban J connectivity index is 2.96. The summed E-state index contributed by atoms with van der Waals surface area (Å²) in [6.45, 7) is 0.277. The normalized spacial score (nSPS) is 10.2. The number of methoxy groups -OCH3 is 1. The van der Waals surface area contributed by atoms with Crippen LogP contribution in [-0.2, 0) is 11.4 Å². The van der Waals surface area contributed by atoms with Crippen molar-refractivity contribution in [3.8, 4) is 11.5 Å². The molecular weight excluding hydrogens is 189 g/mol. The molecular formula is C9H12FNO3. The number of rotatable bonds is 4. The van der Waals surface area contributed by atoms with E-state index in [4.69, 9.17) is 4.74 Å². The Labute approximate surface area is 81.2 Å². The van der Waals surface area contributed by atoms with E-state index < -0.39 is 5.82 Å². The summed E-state index contributed by atoms with van der Waals surface area (Å²) in [5.74, 6) is -0.955. The number of phenolic OH excluding ortho intramolecular Hbond substituents is 1. The number of ether oxygens (including phenoxy) is 1. The second-order valence-electron chi connectivity index (χ2n) is 2.61. The Morgan fingerprint density at radius 2 is 2.14 bits per heavy atom. The highest BCUT2D eigenvalue weighted by Crippen LogP contribution is 2.32. The number of hydrogen-bond acceptors (Lipinski definition) is 4. The molecule has 0 aliphatic heterocycles. The zero-order valence-electron chi connectivity index (χ0n) is 8.00. The Bertz CT molecular complexity index is 317. The van der Waals surface area contributed by atoms with Gasteiger partial charge in [0.1, 0.15) is 0 Å². The van der Waals surface area contributed by atoms with Gasteiger partial charge in [0, 0.05) is 12.1 Å². The monoisotopic (exact) mass is 201 g/mol. The highest BCUT2D eigenvalue weighted by atomic mass is 19.1. The third-order valence-corrected chi connectivity index (χ3v) is 1.78. The van der Waals surface area contributed by atoms with Crippen LogP contribution in [0, 0.1) is 5.82 Å². The number of aromatic hydroxyl groups is 1. The van der Waals surface area contributed by atoms with Gasteiger partial charge in [-0.25, -0.2) is 4.39 Å².